The van der Waals surface area contributed by atoms with Crippen LogP contribution in [-0.2, 0) is 14.3 Å². The Bertz CT molecular complexity index is 276. The first-order chi connectivity index (χ1) is 8.30. The van der Waals surface area contributed by atoms with E-state index in [9.17, 15) is 9.59 Å². The van der Waals surface area contributed by atoms with E-state index in [1.54, 1.807) is 32.5 Å². The van der Waals surface area contributed by atoms with Crippen LogP contribution in [-0.4, -0.2) is 42.3 Å². The zero-order chi connectivity index (χ0) is 14.2. The van der Waals surface area contributed by atoms with Crippen molar-refractivity contribution in [3.05, 3.63) is 0 Å². The van der Waals surface area contributed by atoms with E-state index < -0.39 is 23.7 Å². The highest BCUT2D eigenvalue weighted by Gasteiger charge is 2.24. The monoisotopic (exact) mass is 277 g/mol. The number of alkyl carbamates (subject to hydrolysis) is 1. The van der Waals surface area contributed by atoms with E-state index in [-0.39, 0.29) is 0 Å². The van der Waals surface area contributed by atoms with Gasteiger partial charge in [-0.3, -0.25) is 0 Å². The molecule has 0 radical (unpaired) electrons. The van der Waals surface area contributed by atoms with E-state index in [1.165, 1.54) is 7.11 Å². The lowest BCUT2D eigenvalue weighted by Gasteiger charge is -2.22. The molecule has 1 unspecified atom stereocenters. The quantitative estimate of drug-likeness (QED) is 0.595. The summed E-state index contributed by atoms with van der Waals surface area (Å²) in [4.78, 5) is 23.1. The Kier molecular flexibility index (Phi) is 7.82. The standard InChI is InChI=1S/C12H23NO4S/c1-6-18-8-7-9(10(14)16-5)13-11(15)17-12(2,3)4/h9H,6-8H2,1-5H3,(H,13,15). The van der Waals surface area contributed by atoms with Crippen LogP contribution in [0, 0.1) is 0 Å². The lowest BCUT2D eigenvalue weighted by molar-refractivity contribution is -0.143. The smallest absolute Gasteiger partial charge is 0.408 e. The number of rotatable bonds is 6. The van der Waals surface area contributed by atoms with Crippen LogP contribution in [0.4, 0.5) is 4.79 Å². The molecule has 0 aromatic heterocycles. The van der Waals surface area contributed by atoms with Gasteiger partial charge in [0.2, 0.25) is 0 Å². The molecule has 6 heteroatoms. The maximum atomic E-state index is 11.6. The molecule has 0 aromatic carbocycles. The third-order valence-corrected chi connectivity index (χ3v) is 2.86. The first kappa shape index (κ1) is 17.1. The molecule has 0 aromatic rings. The van der Waals surface area contributed by atoms with Gasteiger partial charge in [0.1, 0.15) is 11.6 Å². The van der Waals surface area contributed by atoms with Crippen molar-refractivity contribution in [3.8, 4) is 0 Å². The van der Waals surface area contributed by atoms with Gasteiger partial charge in [-0.15, -0.1) is 0 Å². The van der Waals surface area contributed by atoms with Crippen LogP contribution in [0.15, 0.2) is 0 Å². The third kappa shape index (κ3) is 8.22. The highest BCUT2D eigenvalue weighted by molar-refractivity contribution is 7.99. The van der Waals surface area contributed by atoms with E-state index in [0.717, 1.165) is 11.5 Å². The number of carbonyl (C=O) groups excluding carboxylic acids is 2. The van der Waals surface area contributed by atoms with Gasteiger partial charge in [-0.05, 0) is 38.7 Å². The molecule has 0 spiro atoms. The fraction of sp³-hybridized carbons (Fsp3) is 0.833. The van der Waals surface area contributed by atoms with Gasteiger partial charge in [0, 0.05) is 0 Å². The topological polar surface area (TPSA) is 64.6 Å². The number of thioether (sulfide) groups is 1. The third-order valence-electron chi connectivity index (χ3n) is 1.93. The molecule has 0 aliphatic carbocycles. The second-order valence-electron chi connectivity index (χ2n) is 4.71. The first-order valence-electron chi connectivity index (χ1n) is 5.95. The average Bonchev–Trinajstić information content (AvgIpc) is 2.24. The summed E-state index contributed by atoms with van der Waals surface area (Å²) in [5.74, 6) is 1.31. The second-order valence-corrected chi connectivity index (χ2v) is 6.10. The maximum Gasteiger partial charge on any atom is 0.408 e. The predicted octanol–water partition coefficient (Wildman–Crippen LogP) is 2.20. The van der Waals surface area contributed by atoms with Crippen LogP contribution < -0.4 is 5.32 Å². The summed E-state index contributed by atoms with van der Waals surface area (Å²) in [5, 5.41) is 2.53. The van der Waals surface area contributed by atoms with Gasteiger partial charge in [-0.25, -0.2) is 9.59 Å². The highest BCUT2D eigenvalue weighted by atomic mass is 32.2. The summed E-state index contributed by atoms with van der Waals surface area (Å²) >= 11 is 1.70. The van der Waals surface area contributed by atoms with E-state index >= 15 is 0 Å². The summed E-state index contributed by atoms with van der Waals surface area (Å²) in [6.07, 6.45) is -0.0656. The van der Waals surface area contributed by atoms with E-state index in [0.29, 0.717) is 6.42 Å². The van der Waals surface area contributed by atoms with Crippen LogP contribution in [0.25, 0.3) is 0 Å². The molecule has 0 bridgehead atoms. The van der Waals surface area contributed by atoms with Gasteiger partial charge in [-0.1, -0.05) is 6.92 Å². The van der Waals surface area contributed by atoms with Crippen molar-refractivity contribution in [3.63, 3.8) is 0 Å². The minimum atomic E-state index is -0.649. The highest BCUT2D eigenvalue weighted by Crippen LogP contribution is 2.09. The van der Waals surface area contributed by atoms with Gasteiger partial charge in [0.25, 0.3) is 0 Å². The lowest BCUT2D eigenvalue weighted by atomic mass is 10.2. The van der Waals surface area contributed by atoms with E-state index in [2.05, 4.69) is 10.1 Å². The minimum Gasteiger partial charge on any atom is -0.467 e. The zero-order valence-electron chi connectivity index (χ0n) is 11.7. The molecule has 18 heavy (non-hydrogen) atoms. The summed E-state index contributed by atoms with van der Waals surface area (Å²) in [6.45, 7) is 7.35. The number of hydrogen-bond acceptors (Lipinski definition) is 5. The fourth-order valence-corrected chi connectivity index (χ4v) is 1.88. The Balaban J connectivity index is 4.31. The number of methoxy groups -OCH3 is 1. The molecule has 0 rings (SSSR count). The number of amides is 1. The van der Waals surface area contributed by atoms with Crippen molar-refractivity contribution in [1.29, 1.82) is 0 Å². The van der Waals surface area contributed by atoms with Gasteiger partial charge in [0.05, 0.1) is 7.11 Å². The summed E-state index contributed by atoms with van der Waals surface area (Å²) in [7, 11) is 1.30. The SMILES string of the molecule is CCSCCC(NC(=O)OC(C)(C)C)C(=O)OC. The molecule has 1 N–H and O–H groups in total. The maximum absolute atomic E-state index is 11.6. The second kappa shape index (κ2) is 8.24. The number of nitrogens with one attached hydrogen (secondary N) is 1. The normalized spacial score (nSPS) is 12.7. The fourth-order valence-electron chi connectivity index (χ4n) is 1.19. The molecule has 0 saturated heterocycles. The van der Waals surface area contributed by atoms with Crippen molar-refractivity contribution in [2.24, 2.45) is 0 Å². The van der Waals surface area contributed by atoms with E-state index in [4.69, 9.17) is 4.74 Å². The molecular formula is C12H23NO4S. The van der Waals surface area contributed by atoms with E-state index in [1.807, 2.05) is 6.92 Å². The van der Waals surface area contributed by atoms with Crippen molar-refractivity contribution in [2.45, 2.75) is 45.8 Å². The van der Waals surface area contributed by atoms with Gasteiger partial charge >= 0.3 is 12.1 Å². The number of hydrogen-bond donors (Lipinski definition) is 1. The van der Waals surface area contributed by atoms with Crippen molar-refractivity contribution in [1.82, 2.24) is 5.32 Å². The largest absolute Gasteiger partial charge is 0.467 e. The van der Waals surface area contributed by atoms with Crippen LogP contribution in [0.3, 0.4) is 0 Å². The van der Waals surface area contributed by atoms with Crippen molar-refractivity contribution < 1.29 is 19.1 Å². The Morgan fingerprint density at radius 3 is 2.39 bits per heavy atom. The lowest BCUT2D eigenvalue weighted by Crippen LogP contribution is -2.44. The Morgan fingerprint density at radius 2 is 1.94 bits per heavy atom. The van der Waals surface area contributed by atoms with Gasteiger partial charge in [0.15, 0.2) is 0 Å². The molecule has 1 atom stereocenters. The molecule has 0 saturated carbocycles. The summed E-state index contributed by atoms with van der Waals surface area (Å²) in [6, 6.07) is -0.649. The molecule has 1 amide bonds. The van der Waals surface area contributed by atoms with Crippen molar-refractivity contribution in [2.75, 3.05) is 18.6 Å². The van der Waals surface area contributed by atoms with Crippen molar-refractivity contribution >= 4 is 23.8 Å². The molecule has 5 nitrogen and oxygen atoms in total. The molecule has 0 aliphatic heterocycles. The summed E-state index contributed by atoms with van der Waals surface area (Å²) < 4.78 is 9.76. The van der Waals surface area contributed by atoms with Crippen LogP contribution in [0.2, 0.25) is 0 Å². The molecule has 106 valence electrons. The van der Waals surface area contributed by atoms with Crippen LogP contribution in [0.5, 0.6) is 0 Å². The Morgan fingerprint density at radius 1 is 1.33 bits per heavy atom. The number of ether oxygens (including phenoxy) is 2. The van der Waals surface area contributed by atoms with Gasteiger partial charge < -0.3 is 14.8 Å². The zero-order valence-corrected chi connectivity index (χ0v) is 12.6. The first-order valence-corrected chi connectivity index (χ1v) is 7.10. The number of esters is 1. The van der Waals surface area contributed by atoms with Crippen LogP contribution in [0.1, 0.15) is 34.1 Å². The minimum absolute atomic E-state index is 0.447. The van der Waals surface area contributed by atoms with Gasteiger partial charge in [-0.2, -0.15) is 11.8 Å². The Hall–Kier alpha value is -0.910. The predicted molar refractivity (Wildman–Crippen MR) is 72.8 cm³/mol. The molecule has 0 heterocycles. The average molecular weight is 277 g/mol. The summed E-state index contributed by atoms with van der Waals surface area (Å²) in [5.41, 5.74) is -0.580. The number of carbonyl (C=O) groups is 2. The molecule has 0 fully saturated rings. The Labute approximate surface area is 113 Å². The molecule has 0 aliphatic rings. The molecular weight excluding hydrogens is 254 g/mol. The van der Waals surface area contributed by atoms with Crippen LogP contribution >= 0.6 is 11.8 Å².